The van der Waals surface area contributed by atoms with E-state index in [4.69, 9.17) is 11.6 Å². The fourth-order valence-corrected chi connectivity index (χ4v) is 3.32. The van der Waals surface area contributed by atoms with Crippen molar-refractivity contribution in [2.45, 2.75) is 25.4 Å². The van der Waals surface area contributed by atoms with E-state index in [1.807, 2.05) is 13.1 Å². The minimum Gasteiger partial charge on any atom is -0.318 e. The van der Waals surface area contributed by atoms with E-state index in [1.54, 1.807) is 11.3 Å². The predicted octanol–water partition coefficient (Wildman–Crippen LogP) is 3.01. The van der Waals surface area contributed by atoms with Crippen LogP contribution in [0.2, 0.25) is 4.34 Å². The lowest BCUT2D eigenvalue weighted by molar-refractivity contribution is 0.244. The van der Waals surface area contributed by atoms with Gasteiger partial charge in [-0.2, -0.15) is 0 Å². The summed E-state index contributed by atoms with van der Waals surface area (Å²) in [5.74, 6) is 0. The molecule has 5 heteroatoms. The van der Waals surface area contributed by atoms with Gasteiger partial charge in [0.1, 0.15) is 0 Å². The maximum atomic E-state index is 5.93. The zero-order chi connectivity index (χ0) is 10.7. The molecule has 1 atom stereocenters. The van der Waals surface area contributed by atoms with Crippen molar-refractivity contribution in [3.63, 3.8) is 0 Å². The van der Waals surface area contributed by atoms with Crippen LogP contribution in [-0.4, -0.2) is 31.1 Å². The topological polar surface area (TPSA) is 15.3 Å². The molecule has 1 saturated heterocycles. The predicted molar refractivity (Wildman–Crippen MR) is 73.9 cm³/mol. The molecular formula is C11H18Cl2N2S. The average Bonchev–Trinajstić information content (AvgIpc) is 2.78. The van der Waals surface area contributed by atoms with E-state index in [0.29, 0.717) is 6.04 Å². The zero-order valence-electron chi connectivity index (χ0n) is 9.41. The maximum Gasteiger partial charge on any atom is 0.0931 e. The molecule has 0 radical (unpaired) electrons. The van der Waals surface area contributed by atoms with Gasteiger partial charge in [0, 0.05) is 24.0 Å². The molecule has 0 saturated carbocycles. The summed E-state index contributed by atoms with van der Waals surface area (Å²) < 4.78 is 0.898. The Bertz CT molecular complexity index is 317. The van der Waals surface area contributed by atoms with Gasteiger partial charge in [-0.25, -0.2) is 0 Å². The molecule has 0 aliphatic carbocycles. The van der Waals surface area contributed by atoms with Gasteiger partial charge in [0.25, 0.3) is 0 Å². The van der Waals surface area contributed by atoms with E-state index >= 15 is 0 Å². The molecule has 1 aliphatic heterocycles. The third-order valence-electron chi connectivity index (χ3n) is 2.93. The molecule has 0 aromatic carbocycles. The highest BCUT2D eigenvalue weighted by Gasteiger charge is 2.23. The van der Waals surface area contributed by atoms with Crippen molar-refractivity contribution in [1.29, 1.82) is 0 Å². The first-order chi connectivity index (χ1) is 7.29. The van der Waals surface area contributed by atoms with Gasteiger partial charge in [-0.15, -0.1) is 23.7 Å². The van der Waals surface area contributed by atoms with Gasteiger partial charge >= 0.3 is 0 Å². The van der Waals surface area contributed by atoms with Crippen LogP contribution in [0, 0.1) is 0 Å². The van der Waals surface area contributed by atoms with Crippen LogP contribution in [-0.2, 0) is 6.54 Å². The number of likely N-dealkylation sites (N-methyl/N-ethyl adjacent to an activating group) is 1. The molecular weight excluding hydrogens is 263 g/mol. The Morgan fingerprint density at radius 2 is 2.38 bits per heavy atom. The minimum absolute atomic E-state index is 0. The Balaban J connectivity index is 0.00000128. The van der Waals surface area contributed by atoms with E-state index in [0.717, 1.165) is 17.4 Å². The third-order valence-corrected chi connectivity index (χ3v) is 4.14. The third kappa shape index (κ3) is 3.60. The molecule has 2 nitrogen and oxygen atoms in total. The van der Waals surface area contributed by atoms with Crippen molar-refractivity contribution in [3.05, 3.63) is 21.3 Å². The number of nitrogens with one attached hydrogen (secondary N) is 1. The highest BCUT2D eigenvalue weighted by atomic mass is 35.5. The summed E-state index contributed by atoms with van der Waals surface area (Å²) in [4.78, 5) is 3.93. The largest absolute Gasteiger partial charge is 0.318 e. The highest BCUT2D eigenvalue weighted by molar-refractivity contribution is 7.16. The Labute approximate surface area is 112 Å². The van der Waals surface area contributed by atoms with Gasteiger partial charge in [0.05, 0.1) is 4.34 Å². The molecule has 1 aromatic rings. The average molecular weight is 281 g/mol. The van der Waals surface area contributed by atoms with Crippen molar-refractivity contribution in [1.82, 2.24) is 10.2 Å². The summed E-state index contributed by atoms with van der Waals surface area (Å²) in [5.41, 5.74) is 0. The standard InChI is InChI=1S/C11H17ClN2S.ClH/c1-13-7-9-3-2-6-14(9)8-10-4-5-11(12)15-10;/h4-5,9,13H,2-3,6-8H2,1H3;1H. The van der Waals surface area contributed by atoms with Crippen LogP contribution < -0.4 is 5.32 Å². The second-order valence-corrected chi connectivity index (χ2v) is 5.83. The number of thiophene rings is 1. The first-order valence-electron chi connectivity index (χ1n) is 5.42. The van der Waals surface area contributed by atoms with E-state index in [2.05, 4.69) is 16.3 Å². The second-order valence-electron chi connectivity index (χ2n) is 4.03. The smallest absolute Gasteiger partial charge is 0.0931 e. The van der Waals surface area contributed by atoms with Gasteiger partial charge < -0.3 is 5.32 Å². The first kappa shape index (κ1) is 14.3. The molecule has 92 valence electrons. The monoisotopic (exact) mass is 280 g/mol. The number of nitrogens with zero attached hydrogens (tertiary/aromatic N) is 1. The molecule has 2 rings (SSSR count). The van der Waals surface area contributed by atoms with Crippen molar-refractivity contribution in [3.8, 4) is 0 Å². The molecule has 1 fully saturated rings. The van der Waals surface area contributed by atoms with E-state index in [-0.39, 0.29) is 12.4 Å². The van der Waals surface area contributed by atoms with E-state index in [9.17, 15) is 0 Å². The number of likely N-dealkylation sites (tertiary alicyclic amines) is 1. The molecule has 1 unspecified atom stereocenters. The lowest BCUT2D eigenvalue weighted by atomic mass is 10.2. The summed E-state index contributed by atoms with van der Waals surface area (Å²) in [6.07, 6.45) is 2.64. The molecule has 0 bridgehead atoms. The molecule has 0 spiro atoms. The minimum atomic E-state index is 0. The summed E-state index contributed by atoms with van der Waals surface area (Å²) in [5, 5.41) is 3.27. The number of rotatable bonds is 4. The summed E-state index contributed by atoms with van der Waals surface area (Å²) in [6.45, 7) is 3.38. The molecule has 16 heavy (non-hydrogen) atoms. The lowest BCUT2D eigenvalue weighted by Crippen LogP contribution is -2.36. The normalized spacial score (nSPS) is 21.0. The van der Waals surface area contributed by atoms with Gasteiger partial charge in [-0.05, 0) is 38.6 Å². The van der Waals surface area contributed by atoms with Crippen molar-refractivity contribution in [2.75, 3.05) is 20.1 Å². The second kappa shape index (κ2) is 6.82. The summed E-state index contributed by atoms with van der Waals surface area (Å²) >= 11 is 7.63. The Morgan fingerprint density at radius 1 is 1.56 bits per heavy atom. The van der Waals surface area contributed by atoms with Crippen molar-refractivity contribution in [2.24, 2.45) is 0 Å². The number of hydrogen-bond donors (Lipinski definition) is 1. The van der Waals surface area contributed by atoms with Crippen LogP contribution in [0.5, 0.6) is 0 Å². The SMILES string of the molecule is CNCC1CCCN1Cc1ccc(Cl)s1.Cl. The molecule has 1 aliphatic rings. The molecule has 2 heterocycles. The van der Waals surface area contributed by atoms with Crippen LogP contribution in [0.1, 0.15) is 17.7 Å². The van der Waals surface area contributed by atoms with Crippen molar-refractivity contribution >= 4 is 35.3 Å². The molecule has 1 N–H and O–H groups in total. The van der Waals surface area contributed by atoms with Gasteiger partial charge in [0.2, 0.25) is 0 Å². The Morgan fingerprint density at radius 3 is 3.00 bits per heavy atom. The van der Waals surface area contributed by atoms with Crippen LogP contribution >= 0.6 is 35.3 Å². The molecule has 0 amide bonds. The first-order valence-corrected chi connectivity index (χ1v) is 6.62. The van der Waals surface area contributed by atoms with Crippen LogP contribution in [0.4, 0.5) is 0 Å². The van der Waals surface area contributed by atoms with E-state index < -0.39 is 0 Å². The van der Waals surface area contributed by atoms with Crippen LogP contribution in [0.25, 0.3) is 0 Å². The van der Waals surface area contributed by atoms with Gasteiger partial charge in [0.15, 0.2) is 0 Å². The lowest BCUT2D eigenvalue weighted by Gasteiger charge is -2.23. The summed E-state index contributed by atoms with van der Waals surface area (Å²) in [7, 11) is 2.03. The summed E-state index contributed by atoms with van der Waals surface area (Å²) in [6, 6.07) is 4.84. The Hall–Kier alpha value is 0.200. The van der Waals surface area contributed by atoms with Crippen LogP contribution in [0.3, 0.4) is 0 Å². The van der Waals surface area contributed by atoms with Gasteiger partial charge in [-0.3, -0.25) is 4.90 Å². The maximum absolute atomic E-state index is 5.93. The molecule has 1 aromatic heterocycles. The Kier molecular flexibility index (Phi) is 6.08. The van der Waals surface area contributed by atoms with Crippen LogP contribution in [0.15, 0.2) is 12.1 Å². The fourth-order valence-electron chi connectivity index (χ4n) is 2.21. The number of halogens is 2. The zero-order valence-corrected chi connectivity index (χ0v) is 11.8. The van der Waals surface area contributed by atoms with E-state index in [1.165, 1.54) is 24.3 Å². The fraction of sp³-hybridized carbons (Fsp3) is 0.636. The highest BCUT2D eigenvalue weighted by Crippen LogP contribution is 2.26. The van der Waals surface area contributed by atoms with Crippen molar-refractivity contribution < 1.29 is 0 Å². The quantitative estimate of drug-likeness (QED) is 0.912. The number of hydrogen-bond acceptors (Lipinski definition) is 3. The van der Waals surface area contributed by atoms with Gasteiger partial charge in [-0.1, -0.05) is 11.6 Å².